The first-order chi connectivity index (χ1) is 2.89. The van der Waals surface area contributed by atoms with Crippen LogP contribution in [0.3, 0.4) is 0 Å². The quantitative estimate of drug-likeness (QED) is 0.378. The number of nitrogens with two attached hydrogens (primary N) is 1. The van der Waals surface area contributed by atoms with E-state index in [-0.39, 0.29) is 0 Å². The molecule has 0 bridgehead atoms. The fraction of sp³-hybridized carbons (Fsp3) is 0.333. The minimum atomic E-state index is 0.806. The summed E-state index contributed by atoms with van der Waals surface area (Å²) in [5.41, 5.74) is 2.75. The normalized spacial score (nSPS) is 21.5. The lowest BCUT2D eigenvalue weighted by molar-refractivity contribution is 0.276. The molecule has 0 aliphatic carbocycles. The van der Waals surface area contributed by atoms with E-state index >= 15 is 0 Å². The molecule has 0 aromatic rings. The summed E-state index contributed by atoms with van der Waals surface area (Å²) in [5.74, 6) is 5.19. The molecule has 1 aliphatic heterocycles. The van der Waals surface area contributed by atoms with Crippen molar-refractivity contribution in [2.24, 2.45) is 5.84 Å². The molecule has 3 heteroatoms. The van der Waals surface area contributed by atoms with Crippen molar-refractivity contribution in [1.29, 1.82) is 0 Å². The Morgan fingerprint density at radius 3 is 2.83 bits per heavy atom. The lowest BCUT2D eigenvalue weighted by atomic mass is 10.7. The van der Waals surface area contributed by atoms with Crippen molar-refractivity contribution in [2.75, 3.05) is 6.54 Å². The van der Waals surface area contributed by atoms with E-state index in [4.69, 9.17) is 5.84 Å². The van der Waals surface area contributed by atoms with Gasteiger partial charge in [0, 0.05) is 6.20 Å². The number of rotatable bonds is 0. The van der Waals surface area contributed by atoms with E-state index in [0.29, 0.717) is 0 Å². The van der Waals surface area contributed by atoms with Gasteiger partial charge in [0.15, 0.2) is 0 Å². The molecule has 0 saturated heterocycles. The lowest BCUT2D eigenvalue weighted by Crippen LogP contribution is -2.36. The van der Waals surface area contributed by atoms with Gasteiger partial charge in [0.1, 0.15) is 0 Å². The first kappa shape index (κ1) is 3.64. The van der Waals surface area contributed by atoms with E-state index in [9.17, 15) is 0 Å². The highest BCUT2D eigenvalue weighted by atomic mass is 15.7. The molecular formula is C3H7N3. The smallest absolute Gasteiger partial charge is 0.0533 e. The molecule has 1 aliphatic rings. The molecule has 0 radical (unpaired) electrons. The highest BCUT2D eigenvalue weighted by Gasteiger charge is 1.93. The second-order valence-corrected chi connectivity index (χ2v) is 1.18. The summed E-state index contributed by atoms with van der Waals surface area (Å²) >= 11 is 0. The van der Waals surface area contributed by atoms with E-state index in [1.54, 1.807) is 6.20 Å². The van der Waals surface area contributed by atoms with Gasteiger partial charge in [0.2, 0.25) is 0 Å². The largest absolute Gasteiger partial charge is 0.313 e. The van der Waals surface area contributed by atoms with E-state index in [1.807, 2.05) is 6.08 Å². The second-order valence-electron chi connectivity index (χ2n) is 1.18. The summed E-state index contributed by atoms with van der Waals surface area (Å²) < 4.78 is 0. The van der Waals surface area contributed by atoms with Crippen LogP contribution in [0.25, 0.3) is 0 Å². The minimum absolute atomic E-state index is 0.806. The predicted octanol–water partition coefficient (Wildman–Crippen LogP) is -0.806. The Balaban J connectivity index is 2.32. The number of hydrogen-bond acceptors (Lipinski definition) is 3. The Labute approximate surface area is 36.4 Å². The average Bonchev–Trinajstić information content (AvgIpc) is 1.86. The number of hydrazine groups is 2. The maximum absolute atomic E-state index is 5.19. The number of nitrogens with one attached hydrogen (secondary N) is 1. The van der Waals surface area contributed by atoms with Crippen molar-refractivity contribution >= 4 is 0 Å². The third-order valence-corrected chi connectivity index (χ3v) is 0.660. The lowest BCUT2D eigenvalue weighted by Gasteiger charge is -2.04. The van der Waals surface area contributed by atoms with Crippen LogP contribution >= 0.6 is 0 Å². The van der Waals surface area contributed by atoms with Crippen LogP contribution in [-0.2, 0) is 0 Å². The van der Waals surface area contributed by atoms with E-state index in [2.05, 4.69) is 5.43 Å². The standard InChI is InChI=1S/C3H7N3/c4-6-3-1-2-5-6/h1-2,5H,3-4H2. The van der Waals surface area contributed by atoms with Crippen LogP contribution in [0.2, 0.25) is 0 Å². The molecule has 34 valence electrons. The third-order valence-electron chi connectivity index (χ3n) is 0.660. The summed E-state index contributed by atoms with van der Waals surface area (Å²) in [5, 5.41) is 1.50. The van der Waals surface area contributed by atoms with Gasteiger partial charge in [-0.2, -0.15) is 5.12 Å². The van der Waals surface area contributed by atoms with Gasteiger partial charge in [-0.25, -0.2) is 0 Å². The molecule has 0 atom stereocenters. The first-order valence-corrected chi connectivity index (χ1v) is 1.83. The molecule has 0 spiro atoms. The number of nitrogens with zero attached hydrogens (tertiary/aromatic N) is 1. The van der Waals surface area contributed by atoms with Crippen LogP contribution < -0.4 is 11.3 Å². The molecule has 0 unspecified atom stereocenters. The Morgan fingerprint density at radius 1 is 1.83 bits per heavy atom. The average molecular weight is 85.1 g/mol. The predicted molar refractivity (Wildman–Crippen MR) is 23.2 cm³/mol. The molecule has 3 nitrogen and oxygen atoms in total. The molecular weight excluding hydrogens is 78.1 g/mol. The van der Waals surface area contributed by atoms with Gasteiger partial charge >= 0.3 is 0 Å². The molecule has 1 rings (SSSR count). The molecule has 6 heavy (non-hydrogen) atoms. The van der Waals surface area contributed by atoms with Crippen molar-refractivity contribution < 1.29 is 0 Å². The number of hydrogen-bond donors (Lipinski definition) is 2. The Kier molecular flexibility index (Phi) is 0.777. The third kappa shape index (κ3) is 0.502. The Morgan fingerprint density at radius 2 is 2.67 bits per heavy atom. The van der Waals surface area contributed by atoms with Gasteiger partial charge in [-0.15, -0.1) is 0 Å². The fourth-order valence-electron chi connectivity index (χ4n) is 0.367. The molecule has 0 aromatic carbocycles. The topological polar surface area (TPSA) is 41.3 Å². The monoisotopic (exact) mass is 85.1 g/mol. The zero-order valence-corrected chi connectivity index (χ0v) is 3.39. The Bertz CT molecular complexity index is 60.4. The maximum atomic E-state index is 5.19. The van der Waals surface area contributed by atoms with Crippen LogP contribution in [-0.4, -0.2) is 11.7 Å². The van der Waals surface area contributed by atoms with Crippen molar-refractivity contribution in [2.45, 2.75) is 0 Å². The van der Waals surface area contributed by atoms with E-state index < -0.39 is 0 Å². The van der Waals surface area contributed by atoms with Crippen molar-refractivity contribution in [3.05, 3.63) is 12.3 Å². The highest BCUT2D eigenvalue weighted by molar-refractivity contribution is 4.85. The first-order valence-electron chi connectivity index (χ1n) is 1.83. The summed E-state index contributed by atoms with van der Waals surface area (Å²) in [4.78, 5) is 0. The van der Waals surface area contributed by atoms with Gasteiger partial charge in [-0.1, -0.05) is 0 Å². The Hall–Kier alpha value is -0.540. The van der Waals surface area contributed by atoms with Gasteiger partial charge in [-0.3, -0.25) is 5.84 Å². The molecule has 3 N–H and O–H groups in total. The maximum Gasteiger partial charge on any atom is 0.0533 e. The van der Waals surface area contributed by atoms with Crippen LogP contribution in [0.4, 0.5) is 0 Å². The van der Waals surface area contributed by atoms with Crippen molar-refractivity contribution in [1.82, 2.24) is 10.5 Å². The van der Waals surface area contributed by atoms with Crippen molar-refractivity contribution in [3.63, 3.8) is 0 Å². The molecule has 0 amide bonds. The SMILES string of the molecule is NN1CC=CN1. The van der Waals surface area contributed by atoms with Gasteiger partial charge in [-0.05, 0) is 6.08 Å². The van der Waals surface area contributed by atoms with Crippen LogP contribution in [0.5, 0.6) is 0 Å². The van der Waals surface area contributed by atoms with Gasteiger partial charge in [0.25, 0.3) is 0 Å². The zero-order chi connectivity index (χ0) is 4.41. The van der Waals surface area contributed by atoms with E-state index in [0.717, 1.165) is 6.54 Å². The summed E-state index contributed by atoms with van der Waals surface area (Å²) in [6.07, 6.45) is 3.75. The molecule has 0 saturated carbocycles. The van der Waals surface area contributed by atoms with Crippen molar-refractivity contribution in [3.8, 4) is 0 Å². The van der Waals surface area contributed by atoms with Crippen LogP contribution in [0.1, 0.15) is 0 Å². The molecule has 1 heterocycles. The van der Waals surface area contributed by atoms with E-state index in [1.165, 1.54) is 5.12 Å². The van der Waals surface area contributed by atoms with Gasteiger partial charge in [0.05, 0.1) is 6.54 Å². The summed E-state index contributed by atoms with van der Waals surface area (Å²) in [6.45, 7) is 0.806. The second kappa shape index (κ2) is 1.28. The summed E-state index contributed by atoms with van der Waals surface area (Å²) in [7, 11) is 0. The molecule has 0 aromatic heterocycles. The fourth-order valence-corrected chi connectivity index (χ4v) is 0.367. The highest BCUT2D eigenvalue weighted by Crippen LogP contribution is 1.80. The van der Waals surface area contributed by atoms with Crippen LogP contribution in [0.15, 0.2) is 12.3 Å². The summed E-state index contributed by atoms with van der Waals surface area (Å²) in [6, 6.07) is 0. The van der Waals surface area contributed by atoms with Gasteiger partial charge < -0.3 is 5.43 Å². The zero-order valence-electron chi connectivity index (χ0n) is 3.39. The molecule has 0 fully saturated rings. The minimum Gasteiger partial charge on any atom is -0.313 e. The van der Waals surface area contributed by atoms with Crippen LogP contribution in [0, 0.1) is 0 Å².